The zero-order valence-electron chi connectivity index (χ0n) is 22.0. The minimum Gasteiger partial charge on any atom is -0.494 e. The van der Waals surface area contributed by atoms with Gasteiger partial charge in [0.25, 0.3) is 0 Å². The highest BCUT2D eigenvalue weighted by atomic mass is 35.5. The molecule has 40 heavy (non-hydrogen) atoms. The molecule has 4 aromatic carbocycles. The van der Waals surface area contributed by atoms with Crippen LogP contribution < -0.4 is 10.5 Å². The molecule has 3 nitrogen and oxygen atoms in total. The number of halogens is 5. The maximum Gasteiger partial charge on any atom is 0.417 e. The monoisotopic (exact) mass is 588 g/mol. The maximum atomic E-state index is 13.6. The zero-order valence-corrected chi connectivity index (χ0v) is 23.6. The Morgan fingerprint density at radius 1 is 0.825 bits per heavy atom. The Bertz CT molecular complexity index is 1280. The summed E-state index contributed by atoms with van der Waals surface area (Å²) < 4.78 is 46.6. The first-order valence-corrected chi connectivity index (χ1v) is 13.3. The van der Waals surface area contributed by atoms with Crippen molar-refractivity contribution in [2.45, 2.75) is 31.6 Å². The molecule has 212 valence electrons. The number of nitrogens with two attached hydrogens (primary N) is 1. The van der Waals surface area contributed by atoms with Gasteiger partial charge in [-0.25, -0.2) is 0 Å². The summed E-state index contributed by atoms with van der Waals surface area (Å²) in [6.07, 6.45) is -3.83. The van der Waals surface area contributed by atoms with Crippen molar-refractivity contribution in [3.05, 3.63) is 136 Å². The number of rotatable bonds is 12. The zero-order chi connectivity index (χ0) is 27.7. The minimum atomic E-state index is -4.51. The van der Waals surface area contributed by atoms with Gasteiger partial charge in [0.15, 0.2) is 0 Å². The van der Waals surface area contributed by atoms with Crippen molar-refractivity contribution in [3.63, 3.8) is 0 Å². The molecule has 0 aliphatic heterocycles. The van der Waals surface area contributed by atoms with Gasteiger partial charge in [-0.05, 0) is 46.9 Å². The van der Waals surface area contributed by atoms with E-state index in [4.69, 9.17) is 22.1 Å². The molecule has 4 rings (SSSR count). The van der Waals surface area contributed by atoms with Crippen LogP contribution in [-0.2, 0) is 19.3 Å². The molecule has 0 bridgehead atoms. The molecular formula is C32H33Cl2F3N2O. The standard InChI is InChI=1S/C32H32ClF3N2O.ClH/c33-31-27(15-8-17-30(31)32(34,35)36)22-38(18-9-19-39-28-16-7-10-24(20-28)21-37)23-29(25-11-3-1-4-12-25)26-13-5-2-6-14-26;/h1-8,10-17,20,29H,9,18-19,21-23,37H2;1H. The van der Waals surface area contributed by atoms with Gasteiger partial charge in [0.05, 0.1) is 17.2 Å². The smallest absolute Gasteiger partial charge is 0.417 e. The minimum absolute atomic E-state index is 0. The Morgan fingerprint density at radius 3 is 2.05 bits per heavy atom. The highest BCUT2D eigenvalue weighted by Crippen LogP contribution is 2.37. The van der Waals surface area contributed by atoms with E-state index in [-0.39, 0.29) is 29.9 Å². The first-order chi connectivity index (χ1) is 18.8. The van der Waals surface area contributed by atoms with Crippen molar-refractivity contribution < 1.29 is 17.9 Å². The normalized spacial score (nSPS) is 11.5. The second-order valence-electron chi connectivity index (χ2n) is 9.44. The highest BCUT2D eigenvalue weighted by molar-refractivity contribution is 6.32. The molecule has 0 aromatic heterocycles. The summed E-state index contributed by atoms with van der Waals surface area (Å²) in [4.78, 5) is 2.16. The lowest BCUT2D eigenvalue weighted by Crippen LogP contribution is -2.31. The van der Waals surface area contributed by atoms with Crippen molar-refractivity contribution in [2.24, 2.45) is 5.73 Å². The van der Waals surface area contributed by atoms with Crippen LogP contribution in [0.4, 0.5) is 13.2 Å². The van der Waals surface area contributed by atoms with E-state index in [0.717, 1.165) is 28.5 Å². The summed E-state index contributed by atoms with van der Waals surface area (Å²) in [7, 11) is 0. The van der Waals surface area contributed by atoms with E-state index < -0.39 is 11.7 Å². The van der Waals surface area contributed by atoms with Gasteiger partial charge in [0, 0.05) is 32.1 Å². The van der Waals surface area contributed by atoms with Crippen molar-refractivity contribution in [2.75, 3.05) is 19.7 Å². The Balaban J connectivity index is 0.00000441. The molecule has 0 radical (unpaired) electrons. The Kier molecular flexibility index (Phi) is 11.9. The van der Waals surface area contributed by atoms with Gasteiger partial charge in [-0.1, -0.05) is 96.5 Å². The molecule has 4 aromatic rings. The van der Waals surface area contributed by atoms with E-state index in [1.54, 1.807) is 6.07 Å². The number of ether oxygens (including phenoxy) is 1. The highest BCUT2D eigenvalue weighted by Gasteiger charge is 2.34. The lowest BCUT2D eigenvalue weighted by molar-refractivity contribution is -0.137. The number of benzene rings is 4. The van der Waals surface area contributed by atoms with Crippen LogP contribution in [0.5, 0.6) is 5.75 Å². The number of hydrogen-bond acceptors (Lipinski definition) is 3. The molecular weight excluding hydrogens is 556 g/mol. The van der Waals surface area contributed by atoms with Crippen LogP contribution in [-0.4, -0.2) is 24.6 Å². The van der Waals surface area contributed by atoms with Gasteiger partial charge in [-0.3, -0.25) is 4.90 Å². The van der Waals surface area contributed by atoms with Gasteiger partial charge in [-0.15, -0.1) is 12.4 Å². The van der Waals surface area contributed by atoms with Crippen molar-refractivity contribution in [3.8, 4) is 5.75 Å². The molecule has 0 saturated heterocycles. The van der Waals surface area contributed by atoms with Crippen molar-refractivity contribution in [1.82, 2.24) is 4.90 Å². The van der Waals surface area contributed by atoms with Crippen LogP contribution in [0.2, 0.25) is 5.02 Å². The number of nitrogens with zero attached hydrogens (tertiary/aromatic N) is 1. The predicted molar refractivity (Wildman–Crippen MR) is 158 cm³/mol. The summed E-state index contributed by atoms with van der Waals surface area (Å²) in [6.45, 7) is 2.38. The summed E-state index contributed by atoms with van der Waals surface area (Å²) in [5.41, 5.74) is 8.63. The lowest BCUT2D eigenvalue weighted by Gasteiger charge is -2.29. The molecule has 0 aliphatic carbocycles. The summed E-state index contributed by atoms with van der Waals surface area (Å²) in [5, 5.41) is -0.249. The van der Waals surface area contributed by atoms with E-state index in [1.165, 1.54) is 6.07 Å². The largest absolute Gasteiger partial charge is 0.494 e. The number of hydrogen-bond donors (Lipinski definition) is 1. The Labute approximate surface area is 245 Å². The average Bonchev–Trinajstić information content (AvgIpc) is 2.95. The topological polar surface area (TPSA) is 38.5 Å². The fourth-order valence-electron chi connectivity index (χ4n) is 4.67. The van der Waals surface area contributed by atoms with Gasteiger partial charge in [0.1, 0.15) is 5.75 Å². The van der Waals surface area contributed by atoms with Crippen LogP contribution >= 0.6 is 24.0 Å². The van der Waals surface area contributed by atoms with Crippen LogP contribution in [0.3, 0.4) is 0 Å². The Morgan fingerprint density at radius 2 is 1.45 bits per heavy atom. The quantitative estimate of drug-likeness (QED) is 0.169. The van der Waals surface area contributed by atoms with Crippen LogP contribution in [0.25, 0.3) is 0 Å². The molecule has 0 spiro atoms. The van der Waals surface area contributed by atoms with Crippen molar-refractivity contribution in [1.29, 1.82) is 0 Å². The fraction of sp³-hybridized carbons (Fsp3) is 0.250. The molecule has 0 fully saturated rings. The Hall–Kier alpha value is -3.03. The second kappa shape index (κ2) is 15.1. The third-order valence-corrected chi connectivity index (χ3v) is 7.09. The van der Waals surface area contributed by atoms with E-state index >= 15 is 0 Å². The maximum absolute atomic E-state index is 13.6. The first kappa shape index (κ1) is 31.5. The third kappa shape index (κ3) is 8.73. The van der Waals surface area contributed by atoms with Gasteiger partial charge in [-0.2, -0.15) is 13.2 Å². The fourth-order valence-corrected chi connectivity index (χ4v) is 4.96. The third-order valence-electron chi connectivity index (χ3n) is 6.64. The van der Waals surface area contributed by atoms with Crippen LogP contribution in [0.15, 0.2) is 103 Å². The molecule has 0 atom stereocenters. The van der Waals surface area contributed by atoms with Gasteiger partial charge < -0.3 is 10.5 Å². The van der Waals surface area contributed by atoms with E-state index in [2.05, 4.69) is 29.2 Å². The first-order valence-electron chi connectivity index (χ1n) is 12.9. The summed E-state index contributed by atoms with van der Waals surface area (Å²) in [6, 6.07) is 32.1. The average molecular weight is 590 g/mol. The molecule has 2 N–H and O–H groups in total. The van der Waals surface area contributed by atoms with Crippen LogP contribution in [0, 0.1) is 0 Å². The molecule has 0 saturated carbocycles. The van der Waals surface area contributed by atoms with Crippen LogP contribution in [0.1, 0.15) is 40.2 Å². The predicted octanol–water partition coefficient (Wildman–Crippen LogP) is 8.34. The van der Waals surface area contributed by atoms with Gasteiger partial charge in [0.2, 0.25) is 0 Å². The van der Waals surface area contributed by atoms with E-state index in [1.807, 2.05) is 60.7 Å². The van der Waals surface area contributed by atoms with E-state index in [9.17, 15) is 13.2 Å². The SMILES string of the molecule is Cl.NCc1cccc(OCCCN(Cc2cccc(C(F)(F)F)c2Cl)CC(c2ccccc2)c2ccccc2)c1. The van der Waals surface area contributed by atoms with E-state index in [0.29, 0.717) is 38.2 Å². The van der Waals surface area contributed by atoms with Gasteiger partial charge >= 0.3 is 6.18 Å². The molecule has 8 heteroatoms. The molecule has 0 amide bonds. The number of alkyl halides is 3. The molecule has 0 unspecified atom stereocenters. The second-order valence-corrected chi connectivity index (χ2v) is 9.82. The summed E-state index contributed by atoms with van der Waals surface area (Å²) in [5.74, 6) is 0.774. The lowest BCUT2D eigenvalue weighted by atomic mass is 9.90. The molecule has 0 heterocycles. The molecule has 0 aliphatic rings. The summed E-state index contributed by atoms with van der Waals surface area (Å²) >= 11 is 6.30. The van der Waals surface area contributed by atoms with Crippen molar-refractivity contribution >= 4 is 24.0 Å².